The number of nitrogens with one attached hydrogen (secondary N) is 1. The van der Waals surface area contributed by atoms with Crippen LogP contribution < -0.4 is 15.0 Å². The van der Waals surface area contributed by atoms with Crippen molar-refractivity contribution in [3.8, 4) is 5.75 Å². The van der Waals surface area contributed by atoms with E-state index in [1.54, 1.807) is 7.11 Å². The van der Waals surface area contributed by atoms with E-state index in [1.165, 1.54) is 11.3 Å². The Morgan fingerprint density at radius 3 is 2.58 bits per heavy atom. The average molecular weight is 264 g/mol. The summed E-state index contributed by atoms with van der Waals surface area (Å²) in [5.74, 6) is 0.969. The Kier molecular flexibility index (Phi) is 6.71. The van der Waals surface area contributed by atoms with Gasteiger partial charge in [0.25, 0.3) is 0 Å². The summed E-state index contributed by atoms with van der Waals surface area (Å²) in [5.41, 5.74) is 2.52. The highest BCUT2D eigenvalue weighted by molar-refractivity contribution is 5.60. The molecule has 0 aliphatic carbocycles. The van der Waals surface area contributed by atoms with E-state index < -0.39 is 0 Å². The zero-order valence-electron chi connectivity index (χ0n) is 13.0. The maximum Gasteiger partial charge on any atom is 0.125 e. The number of hydrogen-bond donors (Lipinski definition) is 1. The SMILES string of the molecule is CCCNC(C)c1c(OC)cccc1N(C)CCC. The van der Waals surface area contributed by atoms with E-state index in [9.17, 15) is 0 Å². The lowest BCUT2D eigenvalue weighted by molar-refractivity contribution is 0.401. The fourth-order valence-electron chi connectivity index (χ4n) is 2.40. The molecule has 108 valence electrons. The molecule has 0 bridgehead atoms. The molecule has 0 fully saturated rings. The van der Waals surface area contributed by atoms with Crippen LogP contribution in [0.2, 0.25) is 0 Å². The van der Waals surface area contributed by atoms with E-state index in [-0.39, 0.29) is 0 Å². The molecule has 0 saturated heterocycles. The molecule has 0 saturated carbocycles. The van der Waals surface area contributed by atoms with Gasteiger partial charge in [0.05, 0.1) is 7.11 Å². The molecule has 1 unspecified atom stereocenters. The van der Waals surface area contributed by atoms with Crippen LogP contribution in [-0.4, -0.2) is 27.2 Å². The Labute approximate surface area is 118 Å². The van der Waals surface area contributed by atoms with Gasteiger partial charge >= 0.3 is 0 Å². The number of ether oxygens (including phenoxy) is 1. The van der Waals surface area contributed by atoms with Gasteiger partial charge in [0, 0.05) is 30.9 Å². The second kappa shape index (κ2) is 8.05. The maximum absolute atomic E-state index is 5.55. The lowest BCUT2D eigenvalue weighted by Gasteiger charge is -2.27. The Bertz CT molecular complexity index is 379. The van der Waals surface area contributed by atoms with Gasteiger partial charge < -0.3 is 15.0 Å². The smallest absolute Gasteiger partial charge is 0.125 e. The molecule has 0 radical (unpaired) electrons. The van der Waals surface area contributed by atoms with E-state index >= 15 is 0 Å². The molecule has 0 spiro atoms. The van der Waals surface area contributed by atoms with Crippen LogP contribution in [0.3, 0.4) is 0 Å². The molecular weight excluding hydrogens is 236 g/mol. The zero-order chi connectivity index (χ0) is 14.3. The summed E-state index contributed by atoms with van der Waals surface area (Å²) in [4.78, 5) is 2.31. The van der Waals surface area contributed by atoms with Crippen molar-refractivity contribution in [2.45, 2.75) is 39.7 Å². The van der Waals surface area contributed by atoms with Crippen LogP contribution in [0.5, 0.6) is 5.75 Å². The third-order valence-corrected chi connectivity index (χ3v) is 3.37. The standard InChI is InChI=1S/C16H28N2O/c1-6-11-17-13(3)16-14(18(4)12-7-2)9-8-10-15(16)19-5/h8-10,13,17H,6-7,11-12H2,1-5H3. The van der Waals surface area contributed by atoms with Crippen LogP contribution in [0.25, 0.3) is 0 Å². The minimum Gasteiger partial charge on any atom is -0.496 e. The van der Waals surface area contributed by atoms with Crippen LogP contribution in [0, 0.1) is 0 Å². The zero-order valence-corrected chi connectivity index (χ0v) is 13.0. The highest BCUT2D eigenvalue weighted by Crippen LogP contribution is 2.34. The van der Waals surface area contributed by atoms with Gasteiger partial charge in [-0.25, -0.2) is 0 Å². The fraction of sp³-hybridized carbons (Fsp3) is 0.625. The second-order valence-electron chi connectivity index (χ2n) is 4.99. The van der Waals surface area contributed by atoms with E-state index in [0.29, 0.717) is 6.04 Å². The first-order chi connectivity index (χ1) is 9.15. The number of rotatable bonds is 8. The molecule has 3 nitrogen and oxygen atoms in total. The third-order valence-electron chi connectivity index (χ3n) is 3.37. The molecule has 0 heterocycles. The van der Waals surface area contributed by atoms with Crippen LogP contribution in [0.1, 0.15) is 45.2 Å². The lowest BCUT2D eigenvalue weighted by atomic mass is 10.0. The molecule has 0 amide bonds. The van der Waals surface area contributed by atoms with Crippen molar-refractivity contribution in [2.24, 2.45) is 0 Å². The normalized spacial score (nSPS) is 12.3. The minimum absolute atomic E-state index is 0.297. The summed E-state index contributed by atoms with van der Waals surface area (Å²) < 4.78 is 5.55. The van der Waals surface area contributed by atoms with Gasteiger partial charge in [-0.15, -0.1) is 0 Å². The predicted molar refractivity (Wildman–Crippen MR) is 83.3 cm³/mol. The Morgan fingerprint density at radius 1 is 1.26 bits per heavy atom. The quantitative estimate of drug-likeness (QED) is 0.776. The van der Waals surface area contributed by atoms with Crippen molar-refractivity contribution >= 4 is 5.69 Å². The highest BCUT2D eigenvalue weighted by atomic mass is 16.5. The van der Waals surface area contributed by atoms with Crippen molar-refractivity contribution in [3.63, 3.8) is 0 Å². The average Bonchev–Trinajstić information content (AvgIpc) is 2.44. The van der Waals surface area contributed by atoms with Gasteiger partial charge in [0.1, 0.15) is 5.75 Å². The summed E-state index contributed by atoms with van der Waals surface area (Å²) >= 11 is 0. The summed E-state index contributed by atoms with van der Waals surface area (Å²) in [7, 11) is 3.89. The summed E-state index contributed by atoms with van der Waals surface area (Å²) in [5, 5.41) is 3.55. The van der Waals surface area contributed by atoms with Crippen molar-refractivity contribution < 1.29 is 4.74 Å². The van der Waals surface area contributed by atoms with E-state index in [0.717, 1.165) is 31.7 Å². The van der Waals surface area contributed by atoms with Crippen molar-refractivity contribution in [3.05, 3.63) is 23.8 Å². The van der Waals surface area contributed by atoms with Crippen molar-refractivity contribution in [1.82, 2.24) is 5.32 Å². The minimum atomic E-state index is 0.297. The fourth-order valence-corrected chi connectivity index (χ4v) is 2.40. The molecule has 1 N–H and O–H groups in total. The molecule has 0 aliphatic heterocycles. The second-order valence-corrected chi connectivity index (χ2v) is 4.99. The lowest BCUT2D eigenvalue weighted by Crippen LogP contribution is -2.25. The molecule has 1 rings (SSSR count). The molecule has 0 aromatic heterocycles. The molecule has 19 heavy (non-hydrogen) atoms. The van der Waals surface area contributed by atoms with Gasteiger partial charge in [0.2, 0.25) is 0 Å². The summed E-state index contributed by atoms with van der Waals surface area (Å²) in [6, 6.07) is 6.59. The third kappa shape index (κ3) is 4.13. The first kappa shape index (κ1) is 15.8. The highest BCUT2D eigenvalue weighted by Gasteiger charge is 2.17. The Balaban J connectivity index is 3.08. The van der Waals surface area contributed by atoms with Gasteiger partial charge in [-0.1, -0.05) is 19.9 Å². The molecule has 3 heteroatoms. The number of nitrogens with zero attached hydrogens (tertiary/aromatic N) is 1. The largest absolute Gasteiger partial charge is 0.496 e. The van der Waals surface area contributed by atoms with Gasteiger partial charge in [0.15, 0.2) is 0 Å². The van der Waals surface area contributed by atoms with E-state index in [1.807, 2.05) is 6.07 Å². The van der Waals surface area contributed by atoms with Crippen molar-refractivity contribution in [2.75, 3.05) is 32.1 Å². The van der Waals surface area contributed by atoms with Crippen LogP contribution in [0.4, 0.5) is 5.69 Å². The molecule has 0 aliphatic rings. The number of methoxy groups -OCH3 is 1. The topological polar surface area (TPSA) is 24.5 Å². The molecule has 1 aromatic carbocycles. The maximum atomic E-state index is 5.55. The van der Waals surface area contributed by atoms with Gasteiger partial charge in [-0.2, -0.15) is 0 Å². The Hall–Kier alpha value is -1.22. The molecule has 1 atom stereocenters. The first-order valence-corrected chi connectivity index (χ1v) is 7.27. The van der Waals surface area contributed by atoms with Crippen LogP contribution in [0.15, 0.2) is 18.2 Å². The number of anilines is 1. The summed E-state index contributed by atoms with van der Waals surface area (Å²) in [6.07, 6.45) is 2.28. The van der Waals surface area contributed by atoms with Crippen LogP contribution >= 0.6 is 0 Å². The van der Waals surface area contributed by atoms with Crippen molar-refractivity contribution in [1.29, 1.82) is 0 Å². The number of benzene rings is 1. The molecular formula is C16H28N2O. The molecule has 1 aromatic rings. The predicted octanol–water partition coefficient (Wildman–Crippen LogP) is 3.60. The van der Waals surface area contributed by atoms with Gasteiger partial charge in [-0.3, -0.25) is 0 Å². The monoisotopic (exact) mass is 264 g/mol. The number of hydrogen-bond acceptors (Lipinski definition) is 3. The Morgan fingerprint density at radius 2 is 2.00 bits per heavy atom. The van der Waals surface area contributed by atoms with Gasteiger partial charge in [-0.05, 0) is 38.4 Å². The van der Waals surface area contributed by atoms with Crippen LogP contribution in [-0.2, 0) is 0 Å². The van der Waals surface area contributed by atoms with E-state index in [2.05, 4.69) is 50.2 Å². The summed E-state index contributed by atoms with van der Waals surface area (Å²) in [6.45, 7) is 8.68. The van der Waals surface area contributed by atoms with E-state index in [4.69, 9.17) is 4.74 Å². The first-order valence-electron chi connectivity index (χ1n) is 7.27.